The van der Waals surface area contributed by atoms with Gasteiger partial charge in [0.15, 0.2) is 0 Å². The van der Waals surface area contributed by atoms with Gasteiger partial charge in [-0.3, -0.25) is 14.3 Å². The average Bonchev–Trinajstić information content (AvgIpc) is 3.28. The molecule has 150 valence electrons. The number of aryl methyl sites for hydroxylation is 1. The van der Waals surface area contributed by atoms with Crippen molar-refractivity contribution in [3.05, 3.63) is 12.7 Å². The summed E-state index contributed by atoms with van der Waals surface area (Å²) in [6.45, 7) is 4.67. The predicted octanol–water partition coefficient (Wildman–Crippen LogP) is 0.270. The van der Waals surface area contributed by atoms with Crippen molar-refractivity contribution in [1.29, 1.82) is 0 Å². The number of hydrogen-bond acceptors (Lipinski definition) is 6. The summed E-state index contributed by atoms with van der Waals surface area (Å²) in [5.41, 5.74) is -0.000861. The number of rotatable bonds is 8. The van der Waals surface area contributed by atoms with Crippen LogP contribution in [0.25, 0.3) is 0 Å². The van der Waals surface area contributed by atoms with Gasteiger partial charge in [0, 0.05) is 57.0 Å². The van der Waals surface area contributed by atoms with Gasteiger partial charge in [-0.15, -0.1) is 0 Å². The number of nitrogens with zero attached hydrogens (tertiary/aromatic N) is 6. The minimum atomic E-state index is -0.000861. The predicted molar refractivity (Wildman–Crippen MR) is 105 cm³/mol. The van der Waals surface area contributed by atoms with E-state index < -0.39 is 0 Å². The second-order valence-corrected chi connectivity index (χ2v) is 8.91. The van der Waals surface area contributed by atoms with E-state index in [9.17, 15) is 9.59 Å². The zero-order valence-corrected chi connectivity index (χ0v) is 17.3. The van der Waals surface area contributed by atoms with Crippen molar-refractivity contribution in [1.82, 2.24) is 29.5 Å². The third-order valence-electron chi connectivity index (χ3n) is 5.61. The first kappa shape index (κ1) is 20.1. The summed E-state index contributed by atoms with van der Waals surface area (Å²) >= 11 is 1.57. The van der Waals surface area contributed by atoms with Gasteiger partial charge in [-0.1, -0.05) is 0 Å². The number of amides is 2. The third-order valence-corrected chi connectivity index (χ3v) is 6.14. The zero-order chi connectivity index (χ0) is 19.4. The van der Waals surface area contributed by atoms with Gasteiger partial charge in [-0.05, 0) is 26.8 Å². The third kappa shape index (κ3) is 4.63. The van der Waals surface area contributed by atoms with Gasteiger partial charge in [-0.2, -0.15) is 16.9 Å². The highest BCUT2D eigenvalue weighted by molar-refractivity contribution is 7.99. The summed E-state index contributed by atoms with van der Waals surface area (Å²) in [6.07, 6.45) is 6.45. The molecule has 2 saturated heterocycles. The molecule has 2 fully saturated rings. The Morgan fingerprint density at radius 2 is 1.93 bits per heavy atom. The van der Waals surface area contributed by atoms with Crippen LogP contribution in [0.2, 0.25) is 0 Å². The summed E-state index contributed by atoms with van der Waals surface area (Å²) < 4.78 is 1.76. The van der Waals surface area contributed by atoms with Gasteiger partial charge in [0.1, 0.15) is 12.7 Å². The minimum absolute atomic E-state index is 0.000861. The van der Waals surface area contributed by atoms with E-state index in [1.165, 1.54) is 6.33 Å². The van der Waals surface area contributed by atoms with E-state index >= 15 is 0 Å². The molecule has 0 spiro atoms. The van der Waals surface area contributed by atoms with Crippen LogP contribution in [-0.2, 0) is 16.1 Å². The Labute approximate surface area is 165 Å². The van der Waals surface area contributed by atoms with Crippen molar-refractivity contribution in [2.45, 2.75) is 19.4 Å². The van der Waals surface area contributed by atoms with Gasteiger partial charge in [0.2, 0.25) is 11.8 Å². The molecule has 0 aromatic carbocycles. The number of carbonyl (C=O) groups excluding carboxylic acids is 2. The lowest BCUT2D eigenvalue weighted by molar-refractivity contribution is -0.131. The van der Waals surface area contributed by atoms with Gasteiger partial charge >= 0.3 is 0 Å². The average molecular weight is 395 g/mol. The van der Waals surface area contributed by atoms with Crippen LogP contribution in [0.15, 0.2) is 12.7 Å². The van der Waals surface area contributed by atoms with Crippen LogP contribution in [0.5, 0.6) is 0 Å². The summed E-state index contributed by atoms with van der Waals surface area (Å²) in [5, 5.41) is 4.08. The molecule has 3 rings (SSSR count). The standard InChI is InChI=1S/C18H30N6O2S/c1-21(2)10-18-11-22(16(25)5-4-6-24-14-19-13-20-24)7-15(18)8-23(12-18)17(26)9-27-3/h13-15H,4-12H2,1-3H3. The Morgan fingerprint density at radius 1 is 1.22 bits per heavy atom. The molecule has 0 bridgehead atoms. The van der Waals surface area contributed by atoms with Crippen LogP contribution in [0.1, 0.15) is 12.8 Å². The van der Waals surface area contributed by atoms with Crippen molar-refractivity contribution in [2.24, 2.45) is 11.3 Å². The first-order chi connectivity index (χ1) is 12.9. The Bertz CT molecular complexity index is 652. The summed E-state index contributed by atoms with van der Waals surface area (Å²) in [4.78, 5) is 35.3. The molecule has 0 radical (unpaired) electrons. The number of hydrogen-bond donors (Lipinski definition) is 0. The number of fused-ring (bicyclic) bond motifs is 1. The molecule has 2 aliphatic rings. The van der Waals surface area contributed by atoms with E-state index in [1.807, 2.05) is 16.1 Å². The molecule has 2 atom stereocenters. The molecule has 1 aromatic heterocycles. The second kappa shape index (κ2) is 8.60. The Balaban J connectivity index is 1.58. The highest BCUT2D eigenvalue weighted by Gasteiger charge is 2.54. The van der Waals surface area contributed by atoms with Crippen molar-refractivity contribution < 1.29 is 9.59 Å². The van der Waals surface area contributed by atoms with Crippen LogP contribution in [-0.4, -0.2) is 100 Å². The van der Waals surface area contributed by atoms with Crippen LogP contribution in [0.3, 0.4) is 0 Å². The van der Waals surface area contributed by atoms with Gasteiger partial charge in [0.25, 0.3) is 0 Å². The molecule has 2 aliphatic heterocycles. The van der Waals surface area contributed by atoms with Gasteiger partial charge in [-0.25, -0.2) is 4.98 Å². The monoisotopic (exact) mass is 394 g/mol. The van der Waals surface area contributed by atoms with Crippen molar-refractivity contribution in [3.63, 3.8) is 0 Å². The maximum atomic E-state index is 12.7. The van der Waals surface area contributed by atoms with Crippen LogP contribution in [0, 0.1) is 11.3 Å². The summed E-state index contributed by atoms with van der Waals surface area (Å²) in [5.74, 6) is 1.34. The molecule has 2 unspecified atom stereocenters. The lowest BCUT2D eigenvalue weighted by Crippen LogP contribution is -2.44. The van der Waals surface area contributed by atoms with E-state index in [2.05, 4.69) is 29.1 Å². The fourth-order valence-electron chi connectivity index (χ4n) is 4.53. The van der Waals surface area contributed by atoms with E-state index in [0.29, 0.717) is 24.6 Å². The smallest absolute Gasteiger partial charge is 0.232 e. The lowest BCUT2D eigenvalue weighted by atomic mass is 9.80. The van der Waals surface area contributed by atoms with E-state index in [-0.39, 0.29) is 17.2 Å². The first-order valence-corrected chi connectivity index (χ1v) is 10.8. The van der Waals surface area contributed by atoms with E-state index in [0.717, 1.165) is 39.1 Å². The van der Waals surface area contributed by atoms with E-state index in [1.54, 1.807) is 22.8 Å². The first-order valence-electron chi connectivity index (χ1n) is 9.45. The van der Waals surface area contributed by atoms with Crippen LogP contribution >= 0.6 is 11.8 Å². The molecule has 1 aromatic rings. The molecular formula is C18H30N6O2S. The van der Waals surface area contributed by atoms with Crippen molar-refractivity contribution in [3.8, 4) is 0 Å². The maximum absolute atomic E-state index is 12.7. The summed E-state index contributed by atoms with van der Waals surface area (Å²) in [7, 11) is 4.14. The van der Waals surface area contributed by atoms with Gasteiger partial charge in [0.05, 0.1) is 5.75 Å². The number of aromatic nitrogens is 3. The normalized spacial score (nSPS) is 24.7. The quantitative estimate of drug-likeness (QED) is 0.630. The highest BCUT2D eigenvalue weighted by Crippen LogP contribution is 2.43. The Kier molecular flexibility index (Phi) is 6.41. The van der Waals surface area contributed by atoms with Crippen LogP contribution in [0.4, 0.5) is 0 Å². The molecule has 8 nitrogen and oxygen atoms in total. The maximum Gasteiger partial charge on any atom is 0.232 e. The van der Waals surface area contributed by atoms with Crippen LogP contribution < -0.4 is 0 Å². The molecule has 0 aliphatic carbocycles. The van der Waals surface area contributed by atoms with Crippen molar-refractivity contribution >= 4 is 23.6 Å². The highest BCUT2D eigenvalue weighted by atomic mass is 32.2. The van der Waals surface area contributed by atoms with Gasteiger partial charge < -0.3 is 14.7 Å². The minimum Gasteiger partial charge on any atom is -0.342 e. The lowest BCUT2D eigenvalue weighted by Gasteiger charge is -2.32. The molecule has 0 saturated carbocycles. The fraction of sp³-hybridized carbons (Fsp3) is 0.778. The van der Waals surface area contributed by atoms with E-state index in [4.69, 9.17) is 0 Å². The number of likely N-dealkylation sites (tertiary alicyclic amines) is 2. The number of thioether (sulfide) groups is 1. The molecule has 3 heterocycles. The zero-order valence-electron chi connectivity index (χ0n) is 16.5. The molecule has 2 amide bonds. The fourth-order valence-corrected chi connectivity index (χ4v) is 4.96. The Hall–Kier alpha value is -1.61. The van der Waals surface area contributed by atoms with Crippen molar-refractivity contribution in [2.75, 3.05) is 58.8 Å². The number of carbonyl (C=O) groups is 2. The Morgan fingerprint density at radius 3 is 2.52 bits per heavy atom. The molecular weight excluding hydrogens is 364 g/mol. The second-order valence-electron chi connectivity index (χ2n) is 8.04. The topological polar surface area (TPSA) is 74.6 Å². The summed E-state index contributed by atoms with van der Waals surface area (Å²) in [6, 6.07) is 0. The molecule has 27 heavy (non-hydrogen) atoms. The SMILES string of the molecule is CSCC(=O)N1CC2CN(C(=O)CCCn3cncn3)CC2(CN(C)C)C1. The molecule has 0 N–H and O–H groups in total. The molecule has 9 heteroatoms. The largest absolute Gasteiger partial charge is 0.342 e.